The second kappa shape index (κ2) is 5.27. The number of carboxylic acid groups (broad SMARTS) is 1. The molecule has 1 aromatic carbocycles. The minimum Gasteiger partial charge on any atom is -0.497 e. The first kappa shape index (κ1) is 13.4. The summed E-state index contributed by atoms with van der Waals surface area (Å²) in [5.41, 5.74) is 6.15. The highest BCUT2D eigenvalue weighted by atomic mass is 16.5. The van der Waals surface area contributed by atoms with Crippen molar-refractivity contribution in [1.29, 1.82) is 0 Å². The lowest BCUT2D eigenvalue weighted by Gasteiger charge is -2.21. The van der Waals surface area contributed by atoms with Crippen LogP contribution in [0.4, 0.5) is 0 Å². The van der Waals surface area contributed by atoms with Crippen LogP contribution in [0.2, 0.25) is 0 Å². The molecule has 3 N–H and O–H groups in total. The monoisotopic (exact) mass is 264 g/mol. The van der Waals surface area contributed by atoms with Crippen LogP contribution < -0.4 is 10.5 Å². The number of rotatable bonds is 3. The summed E-state index contributed by atoms with van der Waals surface area (Å²) < 4.78 is 5.05. The second-order valence-corrected chi connectivity index (χ2v) is 4.54. The number of methoxy groups -OCH3 is 1. The molecular formula is C13H16N2O4. The van der Waals surface area contributed by atoms with Crippen LogP contribution in [0.5, 0.6) is 5.75 Å². The zero-order valence-corrected chi connectivity index (χ0v) is 10.6. The second-order valence-electron chi connectivity index (χ2n) is 4.54. The predicted molar refractivity (Wildman–Crippen MR) is 68.0 cm³/mol. The van der Waals surface area contributed by atoms with E-state index in [1.807, 2.05) is 0 Å². The Bertz CT molecular complexity index is 503. The van der Waals surface area contributed by atoms with Crippen molar-refractivity contribution in [3.05, 3.63) is 29.8 Å². The van der Waals surface area contributed by atoms with Gasteiger partial charge >= 0.3 is 5.97 Å². The van der Waals surface area contributed by atoms with E-state index in [1.165, 1.54) is 12.0 Å². The lowest BCUT2D eigenvalue weighted by molar-refractivity contribution is -0.141. The molecule has 19 heavy (non-hydrogen) atoms. The van der Waals surface area contributed by atoms with Gasteiger partial charge in [0.2, 0.25) is 0 Å². The quantitative estimate of drug-likeness (QED) is 0.820. The lowest BCUT2D eigenvalue weighted by Crippen LogP contribution is -2.40. The Morgan fingerprint density at radius 3 is 2.84 bits per heavy atom. The average Bonchev–Trinajstić information content (AvgIpc) is 2.80. The van der Waals surface area contributed by atoms with Gasteiger partial charge in [0, 0.05) is 18.2 Å². The topological polar surface area (TPSA) is 92.9 Å². The van der Waals surface area contributed by atoms with Crippen molar-refractivity contribution < 1.29 is 19.4 Å². The van der Waals surface area contributed by atoms with E-state index in [-0.39, 0.29) is 24.9 Å². The fourth-order valence-electron chi connectivity index (χ4n) is 2.25. The van der Waals surface area contributed by atoms with Crippen LogP contribution in [0.15, 0.2) is 24.3 Å². The van der Waals surface area contributed by atoms with Gasteiger partial charge in [0.15, 0.2) is 0 Å². The van der Waals surface area contributed by atoms with Gasteiger partial charge in [0.1, 0.15) is 11.8 Å². The molecule has 0 spiro atoms. The summed E-state index contributed by atoms with van der Waals surface area (Å²) in [5, 5.41) is 9.12. The molecule has 2 rings (SSSR count). The van der Waals surface area contributed by atoms with Crippen LogP contribution in [0.3, 0.4) is 0 Å². The smallest absolute Gasteiger partial charge is 0.326 e. The first-order valence-electron chi connectivity index (χ1n) is 5.96. The van der Waals surface area contributed by atoms with E-state index in [0.29, 0.717) is 11.3 Å². The van der Waals surface area contributed by atoms with Crippen molar-refractivity contribution in [2.75, 3.05) is 13.7 Å². The Balaban J connectivity index is 2.24. The van der Waals surface area contributed by atoms with Gasteiger partial charge in [-0.15, -0.1) is 0 Å². The molecule has 1 amide bonds. The van der Waals surface area contributed by atoms with E-state index in [9.17, 15) is 9.59 Å². The number of carboxylic acids is 1. The molecule has 1 aromatic rings. The fraction of sp³-hybridized carbons (Fsp3) is 0.385. The molecular weight excluding hydrogens is 248 g/mol. The number of nitrogens with two attached hydrogens (primary N) is 1. The van der Waals surface area contributed by atoms with Gasteiger partial charge in [-0.05, 0) is 24.6 Å². The number of amides is 1. The largest absolute Gasteiger partial charge is 0.497 e. The van der Waals surface area contributed by atoms with Crippen LogP contribution in [-0.2, 0) is 4.79 Å². The summed E-state index contributed by atoms with van der Waals surface area (Å²) in [4.78, 5) is 24.8. The number of carbonyl (C=O) groups is 2. The van der Waals surface area contributed by atoms with Gasteiger partial charge < -0.3 is 20.5 Å². The third-order valence-electron chi connectivity index (χ3n) is 3.20. The summed E-state index contributed by atoms with van der Waals surface area (Å²) in [6.45, 7) is 0.257. The van der Waals surface area contributed by atoms with Gasteiger partial charge in [-0.25, -0.2) is 4.79 Å². The summed E-state index contributed by atoms with van der Waals surface area (Å²) in [5.74, 6) is -0.801. The minimum atomic E-state index is -1.02. The molecule has 1 aliphatic heterocycles. The summed E-state index contributed by atoms with van der Waals surface area (Å²) >= 11 is 0. The Morgan fingerprint density at radius 1 is 1.47 bits per heavy atom. The molecule has 6 nitrogen and oxygen atoms in total. The Kier molecular flexibility index (Phi) is 3.71. The molecule has 0 radical (unpaired) electrons. The summed E-state index contributed by atoms with van der Waals surface area (Å²) in [7, 11) is 1.51. The van der Waals surface area contributed by atoms with Gasteiger partial charge in [0.05, 0.1) is 7.11 Å². The number of ether oxygens (including phenoxy) is 1. The lowest BCUT2D eigenvalue weighted by atomic mass is 10.1. The van der Waals surface area contributed by atoms with E-state index in [2.05, 4.69) is 0 Å². The van der Waals surface area contributed by atoms with Crippen molar-refractivity contribution in [2.24, 2.45) is 5.73 Å². The average molecular weight is 264 g/mol. The van der Waals surface area contributed by atoms with Crippen molar-refractivity contribution in [3.8, 4) is 5.75 Å². The molecule has 6 heteroatoms. The van der Waals surface area contributed by atoms with Gasteiger partial charge in [0.25, 0.3) is 5.91 Å². The number of aliphatic carboxylic acids is 1. The molecule has 0 bridgehead atoms. The number of hydrogen-bond acceptors (Lipinski definition) is 4. The molecule has 1 fully saturated rings. The fourth-order valence-corrected chi connectivity index (χ4v) is 2.25. The molecule has 2 atom stereocenters. The Morgan fingerprint density at radius 2 is 2.21 bits per heavy atom. The molecule has 0 aromatic heterocycles. The summed E-state index contributed by atoms with van der Waals surface area (Å²) in [6, 6.07) is 5.49. The standard InChI is InChI=1S/C13H16N2O4/c1-19-10-4-2-3-8(5-10)12(16)15-7-9(14)6-11(15)13(17)18/h2-5,9,11H,6-7,14H2,1H3,(H,17,18). The van der Waals surface area contributed by atoms with E-state index in [4.69, 9.17) is 15.6 Å². The Labute approximate surface area is 110 Å². The van der Waals surface area contributed by atoms with Crippen LogP contribution in [0, 0.1) is 0 Å². The maximum atomic E-state index is 12.3. The van der Waals surface area contributed by atoms with Crippen molar-refractivity contribution >= 4 is 11.9 Å². The molecule has 2 unspecified atom stereocenters. The predicted octanol–water partition coefficient (Wildman–Crippen LogP) is 0.322. The Hall–Kier alpha value is -2.08. The van der Waals surface area contributed by atoms with E-state index < -0.39 is 12.0 Å². The molecule has 1 heterocycles. The van der Waals surface area contributed by atoms with Crippen LogP contribution >= 0.6 is 0 Å². The van der Waals surface area contributed by atoms with Crippen molar-refractivity contribution in [3.63, 3.8) is 0 Å². The van der Waals surface area contributed by atoms with E-state index >= 15 is 0 Å². The van der Waals surface area contributed by atoms with E-state index in [0.717, 1.165) is 0 Å². The SMILES string of the molecule is COc1cccc(C(=O)N2CC(N)CC2C(=O)O)c1. The molecule has 102 valence electrons. The highest BCUT2D eigenvalue weighted by molar-refractivity contribution is 5.97. The number of benzene rings is 1. The maximum absolute atomic E-state index is 12.3. The molecule has 0 aliphatic carbocycles. The number of nitrogens with zero attached hydrogens (tertiary/aromatic N) is 1. The minimum absolute atomic E-state index is 0.257. The van der Waals surface area contributed by atoms with Crippen LogP contribution in [0.25, 0.3) is 0 Å². The van der Waals surface area contributed by atoms with E-state index in [1.54, 1.807) is 24.3 Å². The molecule has 0 saturated carbocycles. The molecule has 1 aliphatic rings. The number of likely N-dealkylation sites (tertiary alicyclic amines) is 1. The first-order chi connectivity index (χ1) is 9.02. The van der Waals surface area contributed by atoms with Crippen LogP contribution in [0.1, 0.15) is 16.8 Å². The first-order valence-corrected chi connectivity index (χ1v) is 5.96. The van der Waals surface area contributed by atoms with Gasteiger partial charge in [-0.1, -0.05) is 6.07 Å². The van der Waals surface area contributed by atoms with Crippen LogP contribution in [-0.4, -0.2) is 47.6 Å². The molecule has 1 saturated heterocycles. The van der Waals surface area contributed by atoms with Gasteiger partial charge in [-0.3, -0.25) is 4.79 Å². The normalized spacial score (nSPS) is 22.3. The zero-order chi connectivity index (χ0) is 14.0. The third kappa shape index (κ3) is 2.68. The zero-order valence-electron chi connectivity index (χ0n) is 10.6. The number of carbonyl (C=O) groups excluding carboxylic acids is 1. The number of hydrogen-bond donors (Lipinski definition) is 2. The highest BCUT2D eigenvalue weighted by Crippen LogP contribution is 2.21. The summed E-state index contributed by atoms with van der Waals surface area (Å²) in [6.07, 6.45) is 0.283. The van der Waals surface area contributed by atoms with Crippen molar-refractivity contribution in [1.82, 2.24) is 4.90 Å². The highest BCUT2D eigenvalue weighted by Gasteiger charge is 2.38. The van der Waals surface area contributed by atoms with Crippen molar-refractivity contribution in [2.45, 2.75) is 18.5 Å². The van der Waals surface area contributed by atoms with Gasteiger partial charge in [-0.2, -0.15) is 0 Å². The maximum Gasteiger partial charge on any atom is 0.326 e. The third-order valence-corrected chi connectivity index (χ3v) is 3.20.